The van der Waals surface area contributed by atoms with E-state index >= 15 is 0 Å². The van der Waals surface area contributed by atoms with E-state index in [0.29, 0.717) is 17.8 Å². The molecule has 0 aliphatic carbocycles. The van der Waals surface area contributed by atoms with E-state index in [2.05, 4.69) is 24.3 Å². The molecule has 1 unspecified atom stereocenters. The van der Waals surface area contributed by atoms with Crippen molar-refractivity contribution in [1.82, 2.24) is 10.4 Å². The fourth-order valence-corrected chi connectivity index (χ4v) is 1.26. The van der Waals surface area contributed by atoms with Crippen LogP contribution in [0.1, 0.15) is 20.3 Å². The van der Waals surface area contributed by atoms with Crippen LogP contribution in [-0.2, 0) is 0 Å². The third-order valence-electron chi connectivity index (χ3n) is 1.72. The summed E-state index contributed by atoms with van der Waals surface area (Å²) in [5.41, 5.74) is 3.33. The Balaban J connectivity index is 3.61. The molecule has 0 heterocycles. The lowest BCUT2D eigenvalue weighted by atomic mass is 10.3. The van der Waals surface area contributed by atoms with Gasteiger partial charge in [-0.05, 0) is 13.3 Å². The number of hydrazine groups is 1. The van der Waals surface area contributed by atoms with Crippen LogP contribution < -0.4 is 5.43 Å². The van der Waals surface area contributed by atoms with E-state index < -0.39 is 0 Å². The molecule has 12 heavy (non-hydrogen) atoms. The van der Waals surface area contributed by atoms with Gasteiger partial charge in [-0.2, -0.15) is 0 Å². The van der Waals surface area contributed by atoms with Crippen LogP contribution >= 0.6 is 23.2 Å². The Morgan fingerprint density at radius 2 is 1.75 bits per heavy atom. The van der Waals surface area contributed by atoms with Gasteiger partial charge in [0, 0.05) is 30.9 Å². The summed E-state index contributed by atoms with van der Waals surface area (Å²) in [6.45, 7) is 5.99. The molecule has 74 valence electrons. The molecule has 0 aromatic rings. The predicted octanol–water partition coefficient (Wildman–Crippen LogP) is 2.07. The summed E-state index contributed by atoms with van der Waals surface area (Å²) in [5, 5.41) is 2.08. The van der Waals surface area contributed by atoms with Gasteiger partial charge in [-0.25, -0.2) is 5.01 Å². The number of hydrogen-bond acceptors (Lipinski definition) is 2. The Morgan fingerprint density at radius 3 is 2.08 bits per heavy atom. The lowest BCUT2D eigenvalue weighted by Crippen LogP contribution is -2.45. The van der Waals surface area contributed by atoms with Gasteiger partial charge in [0.05, 0.1) is 0 Å². The number of nitrogens with zero attached hydrogens (tertiary/aromatic N) is 1. The zero-order valence-corrected chi connectivity index (χ0v) is 9.33. The molecule has 0 saturated carbocycles. The van der Waals surface area contributed by atoms with Gasteiger partial charge in [-0.15, -0.1) is 23.2 Å². The largest absolute Gasteiger partial charge is 0.252 e. The summed E-state index contributed by atoms with van der Waals surface area (Å²) in [4.78, 5) is 0. The lowest BCUT2D eigenvalue weighted by molar-refractivity contribution is 0.180. The van der Waals surface area contributed by atoms with Crippen LogP contribution in [0.4, 0.5) is 0 Å². The number of rotatable bonds is 7. The van der Waals surface area contributed by atoms with Gasteiger partial charge < -0.3 is 0 Å². The van der Waals surface area contributed by atoms with Gasteiger partial charge in [0.2, 0.25) is 0 Å². The van der Waals surface area contributed by atoms with Crippen LogP contribution in [0.5, 0.6) is 0 Å². The summed E-state index contributed by atoms with van der Waals surface area (Å²) in [7, 11) is 0. The van der Waals surface area contributed by atoms with Crippen molar-refractivity contribution in [1.29, 1.82) is 0 Å². The van der Waals surface area contributed by atoms with E-state index in [1.807, 2.05) is 0 Å². The van der Waals surface area contributed by atoms with Crippen molar-refractivity contribution in [2.24, 2.45) is 0 Å². The van der Waals surface area contributed by atoms with Crippen molar-refractivity contribution in [3.8, 4) is 0 Å². The normalized spacial score (nSPS) is 13.8. The smallest absolute Gasteiger partial charge is 0.0365 e. The maximum absolute atomic E-state index is 5.63. The Kier molecular flexibility index (Phi) is 8.45. The maximum atomic E-state index is 5.63. The fraction of sp³-hybridized carbons (Fsp3) is 1.00. The molecule has 0 aliphatic heterocycles. The van der Waals surface area contributed by atoms with Crippen molar-refractivity contribution >= 4 is 23.2 Å². The van der Waals surface area contributed by atoms with Crippen LogP contribution in [0.2, 0.25) is 0 Å². The second-order valence-electron chi connectivity index (χ2n) is 2.80. The van der Waals surface area contributed by atoms with Gasteiger partial charge in [0.1, 0.15) is 0 Å². The van der Waals surface area contributed by atoms with Crippen molar-refractivity contribution in [3.63, 3.8) is 0 Å². The van der Waals surface area contributed by atoms with E-state index in [0.717, 1.165) is 19.5 Å². The Morgan fingerprint density at radius 1 is 1.25 bits per heavy atom. The first-order chi connectivity index (χ1) is 5.74. The van der Waals surface area contributed by atoms with E-state index in [1.54, 1.807) is 0 Å². The molecule has 0 amide bonds. The van der Waals surface area contributed by atoms with Gasteiger partial charge >= 0.3 is 0 Å². The summed E-state index contributed by atoms with van der Waals surface area (Å²) in [5.74, 6) is 1.28. The predicted molar refractivity (Wildman–Crippen MR) is 55.9 cm³/mol. The average molecular weight is 213 g/mol. The van der Waals surface area contributed by atoms with Crippen molar-refractivity contribution < 1.29 is 0 Å². The van der Waals surface area contributed by atoms with E-state index in [4.69, 9.17) is 23.2 Å². The van der Waals surface area contributed by atoms with Crippen molar-refractivity contribution in [2.45, 2.75) is 26.3 Å². The molecule has 0 radical (unpaired) electrons. The first-order valence-corrected chi connectivity index (χ1v) is 5.44. The van der Waals surface area contributed by atoms with Crippen LogP contribution in [0, 0.1) is 0 Å². The van der Waals surface area contributed by atoms with Crippen molar-refractivity contribution in [2.75, 3.05) is 24.8 Å². The maximum Gasteiger partial charge on any atom is 0.0365 e. The Bertz CT molecular complexity index is 95.1. The first-order valence-electron chi connectivity index (χ1n) is 4.37. The highest BCUT2D eigenvalue weighted by Gasteiger charge is 2.05. The second-order valence-corrected chi connectivity index (χ2v) is 3.56. The molecule has 0 aromatic heterocycles. The topological polar surface area (TPSA) is 15.3 Å². The minimum absolute atomic E-state index is 0.497. The molecule has 0 aromatic carbocycles. The Hall–Kier alpha value is 0.500. The van der Waals surface area contributed by atoms with Gasteiger partial charge in [0.25, 0.3) is 0 Å². The fourth-order valence-electron chi connectivity index (χ4n) is 0.848. The van der Waals surface area contributed by atoms with Crippen LogP contribution in [-0.4, -0.2) is 35.9 Å². The highest BCUT2D eigenvalue weighted by atomic mass is 35.5. The van der Waals surface area contributed by atoms with Crippen LogP contribution in [0.3, 0.4) is 0 Å². The third kappa shape index (κ3) is 6.06. The molecule has 0 fully saturated rings. The first kappa shape index (κ1) is 12.5. The monoisotopic (exact) mass is 212 g/mol. The molecule has 0 bridgehead atoms. The quantitative estimate of drug-likeness (QED) is 0.514. The van der Waals surface area contributed by atoms with E-state index in [1.165, 1.54) is 0 Å². The third-order valence-corrected chi connectivity index (χ3v) is 2.06. The van der Waals surface area contributed by atoms with Crippen LogP contribution in [0.25, 0.3) is 0 Å². The number of halogens is 2. The zero-order valence-electron chi connectivity index (χ0n) is 7.82. The van der Waals surface area contributed by atoms with Crippen LogP contribution in [0.15, 0.2) is 0 Å². The molecule has 0 aliphatic rings. The summed E-state index contributed by atoms with van der Waals surface area (Å²) < 4.78 is 0. The summed E-state index contributed by atoms with van der Waals surface area (Å²) >= 11 is 11.3. The standard InChI is InChI=1S/C8H18Cl2N2/c1-3-8(2)11-12(6-4-9)7-5-10/h8,11H,3-7H2,1-2H3. The average Bonchev–Trinajstić information content (AvgIpc) is 2.05. The Labute approximate surface area is 85.2 Å². The number of alkyl halides is 2. The molecular formula is C8H18Cl2N2. The van der Waals surface area contributed by atoms with Gasteiger partial charge in [-0.1, -0.05) is 6.92 Å². The number of hydrogen-bond donors (Lipinski definition) is 1. The van der Waals surface area contributed by atoms with Crippen molar-refractivity contribution in [3.05, 3.63) is 0 Å². The molecule has 4 heteroatoms. The molecule has 1 atom stereocenters. The van der Waals surface area contributed by atoms with E-state index in [-0.39, 0.29) is 0 Å². The highest BCUT2D eigenvalue weighted by molar-refractivity contribution is 6.18. The zero-order chi connectivity index (χ0) is 9.40. The lowest BCUT2D eigenvalue weighted by Gasteiger charge is -2.25. The van der Waals surface area contributed by atoms with E-state index in [9.17, 15) is 0 Å². The minimum atomic E-state index is 0.497. The molecule has 0 spiro atoms. The second kappa shape index (κ2) is 8.11. The minimum Gasteiger partial charge on any atom is -0.252 e. The summed E-state index contributed by atoms with van der Waals surface area (Å²) in [6, 6.07) is 0.497. The molecule has 1 N–H and O–H groups in total. The summed E-state index contributed by atoms with van der Waals surface area (Å²) in [6.07, 6.45) is 1.11. The van der Waals surface area contributed by atoms with Gasteiger partial charge in [-0.3, -0.25) is 5.43 Å². The highest BCUT2D eigenvalue weighted by Crippen LogP contribution is 1.93. The SMILES string of the molecule is CCC(C)NN(CCCl)CCCl. The molecule has 2 nitrogen and oxygen atoms in total. The van der Waals surface area contributed by atoms with Gasteiger partial charge in [0.15, 0.2) is 0 Å². The molecular weight excluding hydrogens is 195 g/mol. The molecule has 0 rings (SSSR count). The number of nitrogens with one attached hydrogen (secondary N) is 1. The molecule has 0 saturated heterocycles.